The van der Waals surface area contributed by atoms with Gasteiger partial charge >= 0.3 is 0 Å². The van der Waals surface area contributed by atoms with Crippen LogP contribution in [0, 0.1) is 35.2 Å². The molecule has 0 spiro atoms. The van der Waals surface area contributed by atoms with Gasteiger partial charge in [0.15, 0.2) is 17.5 Å². The lowest BCUT2D eigenvalue weighted by atomic mass is 9.73. The fraction of sp³-hybridized carbons (Fsp3) is 0.750. The van der Waals surface area contributed by atoms with Gasteiger partial charge in [-0.3, -0.25) is 0 Å². The van der Waals surface area contributed by atoms with Gasteiger partial charge in [-0.25, -0.2) is 13.2 Å². The molecule has 2 aliphatic rings. The molecule has 0 atom stereocenters. The molecule has 1 saturated heterocycles. The minimum absolute atomic E-state index is 0.409. The predicted molar refractivity (Wildman–Crippen MR) is 114 cm³/mol. The quantitative estimate of drug-likeness (QED) is 0.234. The molecule has 0 radical (unpaired) electrons. The summed E-state index contributed by atoms with van der Waals surface area (Å²) < 4.78 is 39.8. The summed E-state index contributed by atoms with van der Waals surface area (Å²) in [4.78, 5) is 0. The normalized spacial score (nSPS) is 28.4. The highest BCUT2D eigenvalue weighted by molar-refractivity contribution is 6.58. The number of hydrogen-bond acceptors (Lipinski definition) is 0. The molecule has 4 heteroatoms. The second-order valence-corrected chi connectivity index (χ2v) is 12.9. The van der Waals surface area contributed by atoms with Gasteiger partial charge in [-0.1, -0.05) is 70.0 Å². The fourth-order valence-corrected chi connectivity index (χ4v) is 9.23. The molecule has 1 heterocycles. The van der Waals surface area contributed by atoms with Gasteiger partial charge in [0.25, 0.3) is 0 Å². The maximum atomic E-state index is 13.4. The monoisotopic (exact) mass is 410 g/mol. The van der Waals surface area contributed by atoms with Gasteiger partial charge in [0.1, 0.15) is 0 Å². The van der Waals surface area contributed by atoms with E-state index in [4.69, 9.17) is 0 Å². The molecule has 1 aromatic carbocycles. The highest BCUT2D eigenvalue weighted by atomic mass is 28.3. The van der Waals surface area contributed by atoms with Gasteiger partial charge in [0.2, 0.25) is 0 Å². The smallest absolute Gasteiger partial charge is 0.194 e. The molecule has 2 fully saturated rings. The third-order valence-corrected chi connectivity index (χ3v) is 11.1. The maximum Gasteiger partial charge on any atom is 0.194 e. The van der Waals surface area contributed by atoms with Crippen molar-refractivity contribution in [1.29, 1.82) is 0 Å². The van der Waals surface area contributed by atoms with E-state index >= 15 is 0 Å². The van der Waals surface area contributed by atoms with Gasteiger partial charge in [-0.05, 0) is 61.1 Å². The Kier molecular flexibility index (Phi) is 8.49. The van der Waals surface area contributed by atoms with E-state index in [2.05, 4.69) is 6.92 Å². The lowest BCUT2D eigenvalue weighted by molar-refractivity contribution is 0.186. The van der Waals surface area contributed by atoms with E-state index in [1.165, 1.54) is 57.8 Å². The zero-order chi connectivity index (χ0) is 19.9. The minimum Gasteiger partial charge on any atom is -0.204 e. The minimum atomic E-state index is -1.35. The van der Waals surface area contributed by atoms with Crippen LogP contribution in [0.5, 0.6) is 0 Å². The Morgan fingerprint density at radius 3 is 2.07 bits per heavy atom. The van der Waals surface area contributed by atoms with Crippen molar-refractivity contribution in [1.82, 2.24) is 0 Å². The second kappa shape index (κ2) is 10.8. The molecule has 0 nitrogen and oxygen atoms in total. The number of unbranched alkanes of at least 4 members (excludes halogenated alkanes) is 2. The fourth-order valence-electron chi connectivity index (χ4n) is 5.70. The molecule has 3 rings (SSSR count). The van der Waals surface area contributed by atoms with Gasteiger partial charge in [0.05, 0.1) is 0 Å². The van der Waals surface area contributed by atoms with Crippen LogP contribution < -0.4 is 0 Å². The van der Waals surface area contributed by atoms with Crippen LogP contribution in [-0.4, -0.2) is 8.80 Å². The van der Waals surface area contributed by atoms with E-state index in [1.54, 1.807) is 18.1 Å². The summed E-state index contributed by atoms with van der Waals surface area (Å²) in [7, 11) is -0.409. The molecular formula is C24H37F3Si. The van der Waals surface area contributed by atoms with Crippen molar-refractivity contribution < 1.29 is 13.2 Å². The third kappa shape index (κ3) is 6.11. The van der Waals surface area contributed by atoms with Crippen molar-refractivity contribution in [2.45, 2.75) is 95.7 Å². The van der Waals surface area contributed by atoms with Crippen LogP contribution in [0.3, 0.4) is 0 Å². The van der Waals surface area contributed by atoms with Crippen LogP contribution in [0.1, 0.15) is 76.7 Å². The standard InChI is InChI=1S/C24H37F3Si/c1-2-3-4-13-28-14-11-21(12-15-28)20-9-7-18(8-10-20)5-6-19-16-22(25)24(27)23(26)17-19/h16-18,20-21,28H,2-15H2,1H3. The lowest BCUT2D eigenvalue weighted by Gasteiger charge is -2.37. The average Bonchev–Trinajstić information content (AvgIpc) is 2.71. The van der Waals surface area contributed by atoms with Crippen molar-refractivity contribution in [3.8, 4) is 0 Å². The van der Waals surface area contributed by atoms with Crippen molar-refractivity contribution in [3.05, 3.63) is 35.1 Å². The van der Waals surface area contributed by atoms with E-state index in [0.717, 1.165) is 30.4 Å². The molecule has 1 aromatic rings. The topological polar surface area (TPSA) is 0 Å². The van der Waals surface area contributed by atoms with Crippen molar-refractivity contribution in [2.75, 3.05) is 0 Å². The lowest BCUT2D eigenvalue weighted by Crippen LogP contribution is -2.28. The molecule has 0 unspecified atom stereocenters. The summed E-state index contributed by atoms with van der Waals surface area (Å²) in [5.41, 5.74) is 0.588. The van der Waals surface area contributed by atoms with Crippen LogP contribution in [0.2, 0.25) is 18.1 Å². The number of hydrogen-bond donors (Lipinski definition) is 0. The summed E-state index contributed by atoms with van der Waals surface area (Å²) in [6.45, 7) is 2.30. The first-order chi connectivity index (χ1) is 13.6. The Morgan fingerprint density at radius 1 is 0.857 bits per heavy atom. The van der Waals surface area contributed by atoms with E-state index in [0.29, 0.717) is 17.9 Å². The molecule has 0 aromatic heterocycles. The maximum absolute atomic E-state index is 13.4. The third-order valence-electron chi connectivity index (χ3n) is 7.55. The Bertz CT molecular complexity index is 579. The number of aryl methyl sites for hydroxylation is 1. The number of rotatable bonds is 8. The summed E-state index contributed by atoms with van der Waals surface area (Å²) in [5.74, 6) is -0.932. The molecule has 1 aliphatic heterocycles. The number of halogens is 3. The molecule has 1 saturated carbocycles. The van der Waals surface area contributed by atoms with E-state index in [9.17, 15) is 13.2 Å². The number of benzene rings is 1. The molecule has 28 heavy (non-hydrogen) atoms. The molecular weight excluding hydrogens is 373 g/mol. The van der Waals surface area contributed by atoms with Crippen molar-refractivity contribution >= 4 is 8.80 Å². The zero-order valence-electron chi connectivity index (χ0n) is 17.5. The van der Waals surface area contributed by atoms with Gasteiger partial charge < -0.3 is 0 Å². The van der Waals surface area contributed by atoms with Gasteiger partial charge in [-0.15, -0.1) is 0 Å². The second-order valence-electron chi connectivity index (χ2n) is 9.47. The van der Waals surface area contributed by atoms with Crippen molar-refractivity contribution in [2.24, 2.45) is 17.8 Å². The summed E-state index contributed by atoms with van der Waals surface area (Å²) >= 11 is 0. The van der Waals surface area contributed by atoms with Crippen LogP contribution >= 0.6 is 0 Å². The summed E-state index contributed by atoms with van der Waals surface area (Å²) in [6, 6.07) is 7.06. The van der Waals surface area contributed by atoms with Crippen LogP contribution in [0.4, 0.5) is 13.2 Å². The largest absolute Gasteiger partial charge is 0.204 e. The first-order valence-electron chi connectivity index (χ1n) is 11.7. The van der Waals surface area contributed by atoms with Gasteiger partial charge in [-0.2, -0.15) is 0 Å². The van der Waals surface area contributed by atoms with Crippen LogP contribution in [0.25, 0.3) is 0 Å². The Labute approximate surface area is 170 Å². The Morgan fingerprint density at radius 2 is 1.46 bits per heavy atom. The summed E-state index contributed by atoms with van der Waals surface area (Å²) in [5, 5.41) is 0. The Hall–Kier alpha value is -0.773. The molecule has 0 amide bonds. The average molecular weight is 411 g/mol. The first kappa shape index (κ1) is 21.9. The SMILES string of the molecule is CCCCC[SiH]1CCC(C2CCC(CCc3cc(F)c(F)c(F)c3)CC2)CC1. The van der Waals surface area contributed by atoms with Crippen molar-refractivity contribution in [3.63, 3.8) is 0 Å². The first-order valence-corrected chi connectivity index (χ1v) is 14.1. The molecule has 1 aliphatic carbocycles. The highest BCUT2D eigenvalue weighted by Crippen LogP contribution is 2.42. The zero-order valence-corrected chi connectivity index (χ0v) is 18.7. The van der Waals surface area contributed by atoms with Crippen LogP contribution in [-0.2, 0) is 6.42 Å². The molecule has 158 valence electrons. The van der Waals surface area contributed by atoms with Gasteiger partial charge in [0, 0.05) is 8.80 Å². The Balaban J connectivity index is 1.36. The van der Waals surface area contributed by atoms with E-state index in [-0.39, 0.29) is 0 Å². The molecule has 0 bridgehead atoms. The predicted octanol–water partition coefficient (Wildman–Crippen LogP) is 7.67. The molecule has 0 N–H and O–H groups in total. The van der Waals surface area contributed by atoms with Crippen LogP contribution in [0.15, 0.2) is 12.1 Å². The van der Waals surface area contributed by atoms with E-state index < -0.39 is 26.2 Å². The highest BCUT2D eigenvalue weighted by Gasteiger charge is 2.31. The summed E-state index contributed by atoms with van der Waals surface area (Å²) in [6.07, 6.45) is 14.0. The van der Waals surface area contributed by atoms with E-state index in [1.807, 2.05) is 0 Å².